The van der Waals surface area contributed by atoms with E-state index < -0.39 is 0 Å². The van der Waals surface area contributed by atoms with Crippen LogP contribution in [0.25, 0.3) is 11.0 Å². The number of fused-ring (bicyclic) bond motifs is 1. The second-order valence-electron chi connectivity index (χ2n) is 6.98. The van der Waals surface area contributed by atoms with Crippen molar-refractivity contribution >= 4 is 11.0 Å². The molecule has 1 saturated heterocycles. The van der Waals surface area contributed by atoms with Crippen LogP contribution in [0.3, 0.4) is 0 Å². The first-order valence-corrected chi connectivity index (χ1v) is 8.96. The van der Waals surface area contributed by atoms with Gasteiger partial charge in [-0.1, -0.05) is 42.5 Å². The molecule has 2 heterocycles. The van der Waals surface area contributed by atoms with Crippen molar-refractivity contribution in [1.82, 2.24) is 20.1 Å². The molecule has 0 aliphatic carbocycles. The number of hydrogen-bond acceptors (Lipinski definition) is 5. The van der Waals surface area contributed by atoms with Gasteiger partial charge in [0.05, 0.1) is 0 Å². The van der Waals surface area contributed by atoms with E-state index in [1.54, 1.807) is 0 Å². The van der Waals surface area contributed by atoms with E-state index in [1.807, 2.05) is 12.1 Å². The minimum atomic E-state index is 0.587. The van der Waals surface area contributed by atoms with Crippen LogP contribution < -0.4 is 0 Å². The molecular weight excluding hydrogens is 312 g/mol. The van der Waals surface area contributed by atoms with Crippen molar-refractivity contribution in [3.05, 3.63) is 59.7 Å². The molecule has 0 amide bonds. The lowest BCUT2D eigenvalue weighted by Gasteiger charge is -2.37. The highest BCUT2D eigenvalue weighted by atomic mass is 16.6. The number of piperidine rings is 1. The first-order chi connectivity index (χ1) is 12.3. The largest absolute Gasteiger partial charge is 0.298 e. The molecule has 1 aliphatic heterocycles. The third-order valence-corrected chi connectivity index (χ3v) is 5.14. The molecule has 1 aromatic heterocycles. The minimum absolute atomic E-state index is 0.587. The van der Waals surface area contributed by atoms with E-state index in [1.165, 1.54) is 24.0 Å². The summed E-state index contributed by atoms with van der Waals surface area (Å²) in [5.74, 6) is 0. The Bertz CT molecular complexity index is 817. The van der Waals surface area contributed by atoms with Gasteiger partial charge in [0.15, 0.2) is 0 Å². The van der Waals surface area contributed by atoms with E-state index >= 15 is 0 Å². The second-order valence-corrected chi connectivity index (χ2v) is 6.98. The SMILES string of the molecule is CN(Cc1ccccc1)C1CCCN(Cc2cccc3nonc23)C1. The fraction of sp³-hybridized carbons (Fsp3) is 0.400. The fourth-order valence-corrected chi connectivity index (χ4v) is 3.77. The Morgan fingerprint density at radius 1 is 1.12 bits per heavy atom. The lowest BCUT2D eigenvalue weighted by molar-refractivity contribution is 0.107. The smallest absolute Gasteiger partial charge is 0.139 e. The zero-order valence-corrected chi connectivity index (χ0v) is 14.6. The molecule has 3 aromatic rings. The van der Waals surface area contributed by atoms with Gasteiger partial charge >= 0.3 is 0 Å². The average molecular weight is 336 g/mol. The highest BCUT2D eigenvalue weighted by Crippen LogP contribution is 2.21. The monoisotopic (exact) mass is 336 g/mol. The van der Waals surface area contributed by atoms with Crippen LogP contribution in [-0.2, 0) is 13.1 Å². The molecule has 2 aromatic carbocycles. The summed E-state index contributed by atoms with van der Waals surface area (Å²) >= 11 is 0. The van der Waals surface area contributed by atoms with E-state index in [9.17, 15) is 0 Å². The zero-order valence-electron chi connectivity index (χ0n) is 14.6. The highest BCUT2D eigenvalue weighted by molar-refractivity contribution is 5.76. The van der Waals surface area contributed by atoms with E-state index in [2.05, 4.69) is 63.6 Å². The number of likely N-dealkylation sites (N-methyl/N-ethyl adjacent to an activating group) is 1. The van der Waals surface area contributed by atoms with Crippen LogP contribution >= 0.6 is 0 Å². The van der Waals surface area contributed by atoms with Crippen LogP contribution in [-0.4, -0.2) is 46.3 Å². The maximum Gasteiger partial charge on any atom is 0.139 e. The number of rotatable bonds is 5. The number of nitrogens with zero attached hydrogens (tertiary/aromatic N) is 4. The van der Waals surface area contributed by atoms with Gasteiger partial charge in [0.1, 0.15) is 11.0 Å². The van der Waals surface area contributed by atoms with Crippen LogP contribution in [0.5, 0.6) is 0 Å². The third kappa shape index (κ3) is 3.72. The molecule has 1 unspecified atom stereocenters. The summed E-state index contributed by atoms with van der Waals surface area (Å²) in [7, 11) is 2.24. The summed E-state index contributed by atoms with van der Waals surface area (Å²) in [5.41, 5.74) is 4.31. The Balaban J connectivity index is 1.41. The summed E-state index contributed by atoms with van der Waals surface area (Å²) in [6.07, 6.45) is 2.49. The molecule has 0 bridgehead atoms. The van der Waals surface area contributed by atoms with E-state index in [0.717, 1.165) is 37.2 Å². The number of hydrogen-bond donors (Lipinski definition) is 0. The van der Waals surface area contributed by atoms with Gasteiger partial charge in [0.2, 0.25) is 0 Å². The number of benzene rings is 2. The molecule has 130 valence electrons. The predicted octanol–water partition coefficient (Wildman–Crippen LogP) is 3.32. The van der Waals surface area contributed by atoms with Crippen molar-refractivity contribution in [2.24, 2.45) is 0 Å². The zero-order chi connectivity index (χ0) is 17.1. The van der Waals surface area contributed by atoms with Crippen LogP contribution in [0.2, 0.25) is 0 Å². The minimum Gasteiger partial charge on any atom is -0.298 e. The maximum atomic E-state index is 4.89. The lowest BCUT2D eigenvalue weighted by Crippen LogP contribution is -2.45. The molecule has 5 heteroatoms. The maximum absolute atomic E-state index is 4.89. The molecule has 0 radical (unpaired) electrons. The predicted molar refractivity (Wildman–Crippen MR) is 98.0 cm³/mol. The molecule has 1 fully saturated rings. The van der Waals surface area contributed by atoms with Gasteiger partial charge in [0.25, 0.3) is 0 Å². The molecule has 1 atom stereocenters. The van der Waals surface area contributed by atoms with Crippen LogP contribution in [0, 0.1) is 0 Å². The Morgan fingerprint density at radius 2 is 2.00 bits per heavy atom. The van der Waals surface area contributed by atoms with Crippen LogP contribution in [0.1, 0.15) is 24.0 Å². The molecule has 4 rings (SSSR count). The summed E-state index contributed by atoms with van der Waals surface area (Å²) in [6.45, 7) is 4.13. The summed E-state index contributed by atoms with van der Waals surface area (Å²) in [4.78, 5) is 5.01. The van der Waals surface area contributed by atoms with Gasteiger partial charge in [-0.3, -0.25) is 9.80 Å². The molecule has 25 heavy (non-hydrogen) atoms. The van der Waals surface area contributed by atoms with Crippen molar-refractivity contribution in [3.8, 4) is 0 Å². The molecule has 5 nitrogen and oxygen atoms in total. The van der Waals surface area contributed by atoms with Gasteiger partial charge in [-0.05, 0) is 53.9 Å². The molecule has 0 saturated carbocycles. The first-order valence-electron chi connectivity index (χ1n) is 8.96. The summed E-state index contributed by atoms with van der Waals surface area (Å²) < 4.78 is 4.89. The van der Waals surface area contributed by atoms with Crippen molar-refractivity contribution < 1.29 is 4.63 Å². The molecule has 0 spiro atoms. The van der Waals surface area contributed by atoms with Crippen molar-refractivity contribution in [3.63, 3.8) is 0 Å². The van der Waals surface area contributed by atoms with Crippen molar-refractivity contribution in [2.45, 2.75) is 32.0 Å². The van der Waals surface area contributed by atoms with Crippen LogP contribution in [0.15, 0.2) is 53.2 Å². The summed E-state index contributed by atoms with van der Waals surface area (Å²) in [5, 5.41) is 8.02. The second kappa shape index (κ2) is 7.33. The standard InChI is InChI=1S/C20H24N4O/c1-23(13-16-7-3-2-4-8-16)18-10-6-12-24(15-18)14-17-9-5-11-19-20(17)22-25-21-19/h2-5,7-9,11,18H,6,10,12-15H2,1H3. The Hall–Kier alpha value is -2.24. The molecular formula is C20H24N4O. The van der Waals surface area contributed by atoms with E-state index in [0.29, 0.717) is 6.04 Å². The van der Waals surface area contributed by atoms with E-state index in [4.69, 9.17) is 4.63 Å². The molecule has 1 aliphatic rings. The van der Waals surface area contributed by atoms with Gasteiger partial charge in [-0.25, -0.2) is 4.63 Å². The lowest BCUT2D eigenvalue weighted by atomic mass is 10.0. The van der Waals surface area contributed by atoms with Crippen molar-refractivity contribution in [1.29, 1.82) is 0 Å². The number of aromatic nitrogens is 2. The van der Waals surface area contributed by atoms with Gasteiger partial charge in [-0.2, -0.15) is 0 Å². The highest BCUT2D eigenvalue weighted by Gasteiger charge is 2.24. The summed E-state index contributed by atoms with van der Waals surface area (Å²) in [6, 6.07) is 17.4. The quantitative estimate of drug-likeness (QED) is 0.715. The normalized spacial score (nSPS) is 18.9. The Kier molecular flexibility index (Phi) is 4.76. The van der Waals surface area contributed by atoms with Gasteiger partial charge in [-0.15, -0.1) is 0 Å². The fourth-order valence-electron chi connectivity index (χ4n) is 3.77. The Labute approximate surface area is 148 Å². The first kappa shape index (κ1) is 16.2. The van der Waals surface area contributed by atoms with Crippen molar-refractivity contribution in [2.75, 3.05) is 20.1 Å². The molecule has 0 N–H and O–H groups in total. The van der Waals surface area contributed by atoms with Gasteiger partial charge in [0, 0.05) is 25.7 Å². The average Bonchev–Trinajstić information content (AvgIpc) is 3.13. The third-order valence-electron chi connectivity index (χ3n) is 5.14. The number of likely N-dealkylation sites (tertiary alicyclic amines) is 1. The van der Waals surface area contributed by atoms with Crippen LogP contribution in [0.4, 0.5) is 0 Å². The van der Waals surface area contributed by atoms with E-state index in [-0.39, 0.29) is 0 Å². The Morgan fingerprint density at radius 3 is 2.88 bits per heavy atom. The topological polar surface area (TPSA) is 45.4 Å². The van der Waals surface area contributed by atoms with Gasteiger partial charge < -0.3 is 0 Å².